The Morgan fingerprint density at radius 2 is 1.70 bits per heavy atom. The van der Waals surface area contributed by atoms with Crippen molar-refractivity contribution in [3.05, 3.63) is 109 Å². The third-order valence-corrected chi connectivity index (χ3v) is 9.92. The summed E-state index contributed by atoms with van der Waals surface area (Å²) in [5.41, 5.74) is 3.64. The number of quaternary nitrogens is 1. The molecule has 4 heterocycles. The molecule has 2 bridgehead atoms. The number of hydrogen-bond donors (Lipinski definition) is 0. The fraction of sp³-hybridized carbons (Fsp3) is 0.306. The molecule has 4 nitrogen and oxygen atoms in total. The van der Waals surface area contributed by atoms with E-state index in [4.69, 9.17) is 9.47 Å². The molecule has 0 saturated carbocycles. The van der Waals surface area contributed by atoms with E-state index in [1.165, 1.54) is 39.1 Å². The summed E-state index contributed by atoms with van der Waals surface area (Å²) < 4.78 is 13.1. The Morgan fingerprint density at radius 3 is 2.40 bits per heavy atom. The first-order valence-corrected chi connectivity index (χ1v) is 14.5. The highest BCUT2D eigenvalue weighted by molar-refractivity contribution is 6.02. The first kappa shape index (κ1) is 25.3. The zero-order chi connectivity index (χ0) is 27.3. The Balaban J connectivity index is 1.40. The number of pyridine rings is 1. The van der Waals surface area contributed by atoms with Gasteiger partial charge in [-0.1, -0.05) is 54.6 Å². The van der Waals surface area contributed by atoms with E-state index >= 15 is 0 Å². The molecule has 0 spiro atoms. The molecule has 3 fully saturated rings. The van der Waals surface area contributed by atoms with Crippen LogP contribution >= 0.6 is 0 Å². The highest BCUT2D eigenvalue weighted by atomic mass is 16.5. The quantitative estimate of drug-likeness (QED) is 0.122. The van der Waals surface area contributed by atoms with Gasteiger partial charge in [0.25, 0.3) is 0 Å². The normalized spacial score (nSPS) is 24.9. The number of ether oxygens (including phenoxy) is 2. The molecule has 5 atom stereocenters. The van der Waals surface area contributed by atoms with E-state index in [1.54, 1.807) is 7.11 Å². The van der Waals surface area contributed by atoms with Crippen LogP contribution < -0.4 is 4.74 Å². The van der Waals surface area contributed by atoms with Gasteiger partial charge in [-0.05, 0) is 63.4 Å². The van der Waals surface area contributed by atoms with E-state index in [0.717, 1.165) is 47.2 Å². The number of aromatic nitrogens is 1. The SMILES string of the molecule is C=CC1C[N+]2(Cc3c4ccccc4cc4ccccc34)CCC1CC2[C@@H](OC)c1ccnc2ccc(OC)cc12. The molecule has 5 aromatic rings. The van der Waals surface area contributed by atoms with Crippen molar-refractivity contribution in [1.29, 1.82) is 0 Å². The molecule has 4 unspecified atom stereocenters. The van der Waals surface area contributed by atoms with E-state index in [2.05, 4.69) is 90.4 Å². The van der Waals surface area contributed by atoms with Gasteiger partial charge < -0.3 is 14.0 Å². The summed E-state index contributed by atoms with van der Waals surface area (Å²) in [6.07, 6.45) is 6.47. The zero-order valence-corrected chi connectivity index (χ0v) is 23.4. The predicted molar refractivity (Wildman–Crippen MR) is 163 cm³/mol. The lowest BCUT2D eigenvalue weighted by atomic mass is 9.71. The second-order valence-corrected chi connectivity index (χ2v) is 11.8. The monoisotopic (exact) mass is 529 g/mol. The minimum Gasteiger partial charge on any atom is -0.497 e. The van der Waals surface area contributed by atoms with Gasteiger partial charge in [0.2, 0.25) is 0 Å². The molecule has 3 saturated heterocycles. The number of methoxy groups -OCH3 is 2. The van der Waals surface area contributed by atoms with Crippen LogP contribution in [0.25, 0.3) is 32.4 Å². The Hall–Kier alpha value is -3.73. The van der Waals surface area contributed by atoms with Gasteiger partial charge in [-0.2, -0.15) is 0 Å². The number of fused-ring (bicyclic) bond motifs is 6. The second-order valence-electron chi connectivity index (χ2n) is 11.8. The molecule has 0 N–H and O–H groups in total. The van der Waals surface area contributed by atoms with Crippen molar-refractivity contribution >= 4 is 32.4 Å². The van der Waals surface area contributed by atoms with Crippen LogP contribution in [-0.2, 0) is 11.3 Å². The first-order chi connectivity index (χ1) is 19.6. The lowest BCUT2D eigenvalue weighted by molar-refractivity contribution is -0.984. The largest absolute Gasteiger partial charge is 0.497 e. The van der Waals surface area contributed by atoms with Crippen LogP contribution in [0.3, 0.4) is 0 Å². The van der Waals surface area contributed by atoms with E-state index in [0.29, 0.717) is 17.9 Å². The maximum absolute atomic E-state index is 6.51. The van der Waals surface area contributed by atoms with E-state index in [1.807, 2.05) is 19.4 Å². The Labute approximate surface area is 236 Å². The Morgan fingerprint density at radius 1 is 0.950 bits per heavy atom. The Kier molecular flexibility index (Phi) is 6.33. The molecule has 0 radical (unpaired) electrons. The fourth-order valence-corrected chi connectivity index (χ4v) is 7.97. The summed E-state index contributed by atoms with van der Waals surface area (Å²) >= 11 is 0. The van der Waals surface area contributed by atoms with Crippen molar-refractivity contribution in [2.45, 2.75) is 31.5 Å². The van der Waals surface area contributed by atoms with Crippen LogP contribution in [0.4, 0.5) is 0 Å². The third kappa shape index (κ3) is 4.01. The predicted octanol–water partition coefficient (Wildman–Crippen LogP) is 7.85. The maximum atomic E-state index is 6.51. The van der Waals surface area contributed by atoms with Crippen molar-refractivity contribution < 1.29 is 14.0 Å². The van der Waals surface area contributed by atoms with Crippen LogP contribution in [0.15, 0.2) is 97.7 Å². The average molecular weight is 530 g/mol. The van der Waals surface area contributed by atoms with Gasteiger partial charge in [-0.3, -0.25) is 4.98 Å². The van der Waals surface area contributed by atoms with Crippen LogP contribution in [0, 0.1) is 11.8 Å². The molecule has 0 amide bonds. The lowest BCUT2D eigenvalue weighted by Gasteiger charge is -2.58. The molecule has 8 rings (SSSR count). The molecular formula is C36H37N2O2+. The zero-order valence-electron chi connectivity index (χ0n) is 23.4. The highest BCUT2D eigenvalue weighted by Crippen LogP contribution is 2.50. The molecule has 4 aromatic carbocycles. The minimum atomic E-state index is -0.0487. The Bertz CT molecular complexity index is 1680. The van der Waals surface area contributed by atoms with E-state index in [9.17, 15) is 0 Å². The summed E-state index contributed by atoms with van der Waals surface area (Å²) in [7, 11) is 3.61. The van der Waals surface area contributed by atoms with Crippen molar-refractivity contribution in [3.63, 3.8) is 0 Å². The van der Waals surface area contributed by atoms with Gasteiger partial charge in [0, 0.05) is 43.0 Å². The van der Waals surface area contributed by atoms with Crippen molar-refractivity contribution in [2.75, 3.05) is 27.3 Å². The second kappa shape index (κ2) is 10.0. The van der Waals surface area contributed by atoms with Crippen molar-refractivity contribution in [2.24, 2.45) is 11.8 Å². The number of nitrogens with zero attached hydrogens (tertiary/aromatic N) is 2. The van der Waals surface area contributed by atoms with Crippen molar-refractivity contribution in [3.8, 4) is 5.75 Å². The summed E-state index contributed by atoms with van der Waals surface area (Å²) in [6, 6.07) is 28.8. The van der Waals surface area contributed by atoms with E-state index in [-0.39, 0.29) is 6.10 Å². The van der Waals surface area contributed by atoms with Gasteiger partial charge >= 0.3 is 0 Å². The first-order valence-electron chi connectivity index (χ1n) is 14.5. The molecule has 0 aliphatic carbocycles. The summed E-state index contributed by atoms with van der Waals surface area (Å²) in [5, 5.41) is 6.47. The molecule has 40 heavy (non-hydrogen) atoms. The molecule has 1 aromatic heterocycles. The van der Waals surface area contributed by atoms with Gasteiger partial charge in [-0.25, -0.2) is 0 Å². The molecule has 4 heteroatoms. The average Bonchev–Trinajstić information content (AvgIpc) is 3.01. The van der Waals surface area contributed by atoms with Crippen LogP contribution in [0.5, 0.6) is 5.75 Å². The van der Waals surface area contributed by atoms with Gasteiger partial charge in [0.1, 0.15) is 24.4 Å². The highest BCUT2D eigenvalue weighted by Gasteiger charge is 2.54. The number of benzene rings is 4. The topological polar surface area (TPSA) is 31.4 Å². The standard InChI is InChI=1S/C36H37N2O2/c1-4-24-22-38(23-33-29-11-7-5-9-26(29)19-27-10-6-8-12-30(27)33)18-16-25(24)20-35(38)36(40-3)31-15-17-37-34-14-13-28(39-2)21-32(31)34/h4-15,17,19,21,24-25,35-36H,1,16,18,20,22-23H2,2-3H3/q+1/t24?,25?,35?,36-,38?/m0/s1. The summed E-state index contributed by atoms with van der Waals surface area (Å²) in [4.78, 5) is 4.68. The molecule has 202 valence electrons. The van der Waals surface area contributed by atoms with Crippen LogP contribution in [-0.4, -0.2) is 42.8 Å². The molecule has 3 aliphatic heterocycles. The summed E-state index contributed by atoms with van der Waals surface area (Å²) in [6.45, 7) is 7.52. The number of piperidine rings is 3. The number of rotatable bonds is 7. The van der Waals surface area contributed by atoms with Crippen LogP contribution in [0.2, 0.25) is 0 Å². The minimum absolute atomic E-state index is 0.0487. The summed E-state index contributed by atoms with van der Waals surface area (Å²) in [5.74, 6) is 2.02. The van der Waals surface area contributed by atoms with Gasteiger partial charge in [0.05, 0.1) is 25.7 Å². The van der Waals surface area contributed by atoms with E-state index < -0.39 is 0 Å². The molecular weight excluding hydrogens is 492 g/mol. The third-order valence-electron chi connectivity index (χ3n) is 9.92. The van der Waals surface area contributed by atoms with Crippen LogP contribution in [0.1, 0.15) is 30.1 Å². The van der Waals surface area contributed by atoms with Gasteiger partial charge in [-0.15, -0.1) is 6.58 Å². The number of hydrogen-bond acceptors (Lipinski definition) is 3. The maximum Gasteiger partial charge on any atom is 0.135 e. The molecule has 3 aliphatic rings. The lowest BCUT2D eigenvalue weighted by Crippen LogP contribution is -2.67. The fourth-order valence-electron chi connectivity index (χ4n) is 7.97. The smallest absolute Gasteiger partial charge is 0.135 e. The van der Waals surface area contributed by atoms with Crippen molar-refractivity contribution in [1.82, 2.24) is 4.98 Å². The van der Waals surface area contributed by atoms with Gasteiger partial charge in [0.15, 0.2) is 0 Å².